The topological polar surface area (TPSA) is 35.6 Å². The Kier molecular flexibility index (Phi) is 9.04. The van der Waals surface area contributed by atoms with Gasteiger partial charge >= 0.3 is 0 Å². The number of thiophene rings is 1. The van der Waals surface area contributed by atoms with Gasteiger partial charge in [0.25, 0.3) is 0 Å². The number of benzene rings is 10. The normalized spacial score (nSPS) is 11.8. The second kappa shape index (κ2) is 15.9. The summed E-state index contributed by atoms with van der Waals surface area (Å²) in [6.07, 6.45) is 0. The summed E-state index contributed by atoms with van der Waals surface area (Å²) in [6, 6.07) is 87.6. The van der Waals surface area contributed by atoms with E-state index in [-0.39, 0.29) is 0 Å². The van der Waals surface area contributed by atoms with Gasteiger partial charge in [-0.2, -0.15) is 0 Å². The number of hydrogen-bond acceptors (Lipinski definition) is 3. The van der Waals surface area contributed by atoms with Gasteiger partial charge in [0, 0.05) is 59.2 Å². The number of aromatic nitrogens is 4. The highest BCUT2D eigenvalue weighted by Gasteiger charge is 2.20. The van der Waals surface area contributed by atoms with Gasteiger partial charge in [0.15, 0.2) is 5.82 Å². The fourth-order valence-electron chi connectivity index (χ4n) is 10.5. The Morgan fingerprint density at radius 3 is 1.28 bits per heavy atom. The highest BCUT2D eigenvalue weighted by atomic mass is 32.1. The molecule has 14 aromatic rings. The Balaban J connectivity index is 0.991. The van der Waals surface area contributed by atoms with E-state index in [1.807, 2.05) is 11.3 Å². The minimum atomic E-state index is 0.652. The average Bonchev–Trinajstić information content (AvgIpc) is 4.11. The third-order valence-electron chi connectivity index (χ3n) is 13.7. The number of para-hydroxylation sites is 4. The van der Waals surface area contributed by atoms with Gasteiger partial charge in [-0.05, 0) is 93.5 Å². The third-order valence-corrected chi connectivity index (χ3v) is 14.9. The molecule has 0 radical (unpaired) electrons. The molecule has 322 valence electrons. The fourth-order valence-corrected chi connectivity index (χ4v) is 11.6. The highest BCUT2D eigenvalue weighted by Crippen LogP contribution is 2.40. The summed E-state index contributed by atoms with van der Waals surface area (Å²) >= 11 is 1.82. The van der Waals surface area contributed by atoms with E-state index in [1.165, 1.54) is 58.4 Å². The van der Waals surface area contributed by atoms with Crippen LogP contribution in [0.25, 0.3) is 131 Å². The van der Waals surface area contributed by atoms with Crippen LogP contribution in [-0.4, -0.2) is 19.1 Å². The fraction of sp³-hybridized carbons (Fsp3) is 0. The summed E-state index contributed by atoms with van der Waals surface area (Å²) in [5, 5.41) is 8.58. The lowest BCUT2D eigenvalue weighted by Gasteiger charge is -2.16. The predicted octanol–water partition coefficient (Wildman–Crippen LogP) is 17.4. The van der Waals surface area contributed by atoms with E-state index < -0.39 is 0 Å². The van der Waals surface area contributed by atoms with Crippen molar-refractivity contribution in [1.82, 2.24) is 19.1 Å². The molecule has 0 saturated carbocycles. The highest BCUT2D eigenvalue weighted by molar-refractivity contribution is 7.22. The molecule has 0 N–H and O–H groups in total. The molecular weight excluding hydrogens is 857 g/mol. The molecule has 0 aliphatic rings. The molecule has 0 spiro atoms. The van der Waals surface area contributed by atoms with Gasteiger partial charge in [0.05, 0.1) is 33.5 Å². The summed E-state index contributed by atoms with van der Waals surface area (Å²) in [7, 11) is 0. The van der Waals surface area contributed by atoms with Crippen LogP contribution in [0.2, 0.25) is 0 Å². The molecule has 10 aromatic carbocycles. The van der Waals surface area contributed by atoms with E-state index in [2.05, 4.69) is 252 Å². The molecule has 4 nitrogen and oxygen atoms in total. The SMILES string of the molecule is c1ccc2sc(-c3ccc(-c4cc(-c5ccc(-c6cccc7ccccc67)cc5)nc(-c5cc(-n6c7ccccc7c7ccccc76)cc(-n6c7ccccc7c7ccccc76)c5)n4)cc3)cc2c1. The number of rotatable bonds is 7. The van der Waals surface area contributed by atoms with Gasteiger partial charge in [0.2, 0.25) is 0 Å². The molecule has 0 aliphatic heterocycles. The molecule has 0 atom stereocenters. The lowest BCUT2D eigenvalue weighted by molar-refractivity contribution is 1.12. The van der Waals surface area contributed by atoms with Crippen LogP contribution in [0.5, 0.6) is 0 Å². The van der Waals surface area contributed by atoms with Crippen LogP contribution in [-0.2, 0) is 0 Å². The molecule has 0 unspecified atom stereocenters. The first-order valence-corrected chi connectivity index (χ1v) is 24.2. The quantitative estimate of drug-likeness (QED) is 0.160. The van der Waals surface area contributed by atoms with Crippen LogP contribution >= 0.6 is 11.3 Å². The van der Waals surface area contributed by atoms with Gasteiger partial charge in [0.1, 0.15) is 0 Å². The third kappa shape index (κ3) is 6.58. The molecule has 5 heteroatoms. The zero-order valence-corrected chi connectivity index (χ0v) is 38.1. The van der Waals surface area contributed by atoms with Crippen molar-refractivity contribution >= 4 is 75.8 Å². The van der Waals surface area contributed by atoms with Gasteiger partial charge in [-0.3, -0.25) is 0 Å². The van der Waals surface area contributed by atoms with Crippen molar-refractivity contribution in [3.05, 3.63) is 243 Å². The second-order valence-electron chi connectivity index (χ2n) is 17.8. The van der Waals surface area contributed by atoms with E-state index in [1.54, 1.807) is 0 Å². The van der Waals surface area contributed by atoms with Crippen molar-refractivity contribution in [2.24, 2.45) is 0 Å². The Labute approximate surface area is 402 Å². The summed E-state index contributed by atoms with van der Waals surface area (Å²) in [4.78, 5) is 12.3. The van der Waals surface area contributed by atoms with Crippen LogP contribution in [0.15, 0.2) is 243 Å². The molecule has 4 aromatic heterocycles. The lowest BCUT2D eigenvalue weighted by Crippen LogP contribution is -2.02. The van der Waals surface area contributed by atoms with Crippen molar-refractivity contribution in [3.63, 3.8) is 0 Å². The Bertz CT molecular complexity index is 4030. The first kappa shape index (κ1) is 39.3. The molecule has 4 heterocycles. The van der Waals surface area contributed by atoms with Crippen molar-refractivity contribution in [2.75, 3.05) is 0 Å². The maximum absolute atomic E-state index is 5.51. The molecule has 0 bridgehead atoms. The van der Waals surface area contributed by atoms with Gasteiger partial charge in [-0.1, -0.05) is 182 Å². The van der Waals surface area contributed by atoms with Crippen LogP contribution in [0.4, 0.5) is 0 Å². The lowest BCUT2D eigenvalue weighted by atomic mass is 9.97. The maximum Gasteiger partial charge on any atom is 0.160 e. The van der Waals surface area contributed by atoms with Crippen LogP contribution in [0.3, 0.4) is 0 Å². The predicted molar refractivity (Wildman–Crippen MR) is 291 cm³/mol. The minimum absolute atomic E-state index is 0.652. The van der Waals surface area contributed by atoms with E-state index in [0.29, 0.717) is 5.82 Å². The van der Waals surface area contributed by atoms with Gasteiger partial charge in [-0.25, -0.2) is 9.97 Å². The Morgan fingerprint density at radius 1 is 0.304 bits per heavy atom. The molecule has 0 fully saturated rings. The van der Waals surface area contributed by atoms with Crippen LogP contribution in [0.1, 0.15) is 0 Å². The molecular formula is C64H40N4S. The molecule has 0 saturated heterocycles. The van der Waals surface area contributed by atoms with Gasteiger partial charge in [-0.15, -0.1) is 11.3 Å². The van der Waals surface area contributed by atoms with E-state index in [4.69, 9.17) is 9.97 Å². The molecule has 0 aliphatic carbocycles. The summed E-state index contributed by atoms with van der Waals surface area (Å²) in [5.41, 5.74) is 14.9. The van der Waals surface area contributed by atoms with E-state index in [9.17, 15) is 0 Å². The van der Waals surface area contributed by atoms with Crippen molar-refractivity contribution in [3.8, 4) is 66.8 Å². The maximum atomic E-state index is 5.51. The Hall–Kier alpha value is -8.90. The first-order valence-electron chi connectivity index (χ1n) is 23.4. The Morgan fingerprint density at radius 2 is 0.739 bits per heavy atom. The largest absolute Gasteiger partial charge is 0.309 e. The average molecular weight is 897 g/mol. The number of hydrogen-bond donors (Lipinski definition) is 0. The van der Waals surface area contributed by atoms with Crippen molar-refractivity contribution in [1.29, 1.82) is 0 Å². The minimum Gasteiger partial charge on any atom is -0.309 e. The van der Waals surface area contributed by atoms with Crippen LogP contribution < -0.4 is 0 Å². The summed E-state index contributed by atoms with van der Waals surface area (Å²) in [5.74, 6) is 0.652. The van der Waals surface area contributed by atoms with E-state index >= 15 is 0 Å². The monoisotopic (exact) mass is 896 g/mol. The summed E-state index contributed by atoms with van der Waals surface area (Å²) in [6.45, 7) is 0. The second-order valence-corrected chi connectivity index (χ2v) is 18.9. The number of nitrogens with zero attached hydrogens (tertiary/aromatic N) is 4. The van der Waals surface area contributed by atoms with E-state index in [0.717, 1.165) is 67.1 Å². The van der Waals surface area contributed by atoms with Crippen molar-refractivity contribution < 1.29 is 0 Å². The molecule has 69 heavy (non-hydrogen) atoms. The van der Waals surface area contributed by atoms with Gasteiger partial charge < -0.3 is 9.13 Å². The van der Waals surface area contributed by atoms with Crippen LogP contribution in [0, 0.1) is 0 Å². The standard InChI is InChI=1S/C64H40N4S/c1-3-17-50-41(14-1)16-13-22-51(50)42-28-30-43(31-29-42)56-40-57(44-32-34-45(35-33-44)63-38-46-15-2-12-27-62(46)69-63)66-64(65-56)47-36-48(67-58-23-8-4-18-52(58)53-19-5-9-24-59(53)67)39-49(37-47)68-60-25-10-6-20-54(60)55-21-7-11-26-61(55)68/h1-40H. The first-order chi connectivity index (χ1) is 34.2. The smallest absolute Gasteiger partial charge is 0.160 e. The number of fused-ring (bicyclic) bond motifs is 8. The van der Waals surface area contributed by atoms with Crippen molar-refractivity contribution in [2.45, 2.75) is 0 Å². The zero-order chi connectivity index (χ0) is 45.4. The summed E-state index contributed by atoms with van der Waals surface area (Å²) < 4.78 is 6.08. The molecule has 0 amide bonds. The molecule has 14 rings (SSSR count). The zero-order valence-electron chi connectivity index (χ0n) is 37.3.